The van der Waals surface area contributed by atoms with Gasteiger partial charge in [-0.05, 0) is 12.1 Å². The van der Waals surface area contributed by atoms with Gasteiger partial charge in [0.2, 0.25) is 11.0 Å². The number of methoxy groups -OCH3 is 1. The first kappa shape index (κ1) is 17.6. The largest absolute Gasteiger partial charge is 0.495 e. The first-order valence-electron chi connectivity index (χ1n) is 8.11. The molecule has 0 saturated heterocycles. The molecule has 0 bridgehead atoms. The van der Waals surface area contributed by atoms with Crippen molar-refractivity contribution < 1.29 is 13.9 Å². The monoisotopic (exact) mass is 400 g/mol. The Balaban J connectivity index is 1.55. The van der Waals surface area contributed by atoms with Crippen molar-refractivity contribution in [1.82, 2.24) is 10.2 Å². The van der Waals surface area contributed by atoms with E-state index in [1.807, 2.05) is 30.3 Å². The number of benzene rings is 2. The van der Waals surface area contributed by atoms with Crippen LogP contribution >= 0.6 is 23.1 Å². The third-order valence-corrected chi connectivity index (χ3v) is 5.99. The van der Waals surface area contributed by atoms with Crippen molar-refractivity contribution in [2.24, 2.45) is 0 Å². The molecular formula is C18H16N4O3S2. The number of hydrogen-bond donors (Lipinski definition) is 2. The van der Waals surface area contributed by atoms with Gasteiger partial charge in [0.05, 0.1) is 18.6 Å². The average Bonchev–Trinajstić information content (AvgIpc) is 3.29. The number of fused-ring (bicyclic) bond motifs is 3. The third kappa shape index (κ3) is 3.56. The molecule has 2 N–H and O–H groups in total. The number of nitrogens with zero attached hydrogens (tertiary/aromatic N) is 2. The SMILES string of the molecule is CNc1nnc(SCC(=O)Nc2cc3oc4ccccc4c3cc2OC)s1. The highest BCUT2D eigenvalue weighted by atomic mass is 32.2. The van der Waals surface area contributed by atoms with E-state index in [4.69, 9.17) is 9.15 Å². The summed E-state index contributed by atoms with van der Waals surface area (Å²) in [5.41, 5.74) is 2.07. The van der Waals surface area contributed by atoms with E-state index in [1.165, 1.54) is 23.1 Å². The number of carbonyl (C=O) groups is 1. The Bertz CT molecular complexity index is 1120. The maximum atomic E-state index is 12.4. The molecule has 7 nitrogen and oxygen atoms in total. The number of thioether (sulfide) groups is 1. The van der Waals surface area contributed by atoms with Crippen LogP contribution in [0.25, 0.3) is 21.9 Å². The van der Waals surface area contributed by atoms with Crippen molar-refractivity contribution in [2.45, 2.75) is 4.34 Å². The second kappa shape index (κ2) is 7.45. The van der Waals surface area contributed by atoms with Gasteiger partial charge in [0.15, 0.2) is 4.34 Å². The molecule has 27 heavy (non-hydrogen) atoms. The van der Waals surface area contributed by atoms with Crippen molar-refractivity contribution in [3.8, 4) is 5.75 Å². The maximum absolute atomic E-state index is 12.4. The summed E-state index contributed by atoms with van der Waals surface area (Å²) in [6, 6.07) is 11.5. The Labute approximate surface area is 163 Å². The highest BCUT2D eigenvalue weighted by molar-refractivity contribution is 8.01. The molecule has 9 heteroatoms. The zero-order chi connectivity index (χ0) is 18.8. The van der Waals surface area contributed by atoms with E-state index in [0.29, 0.717) is 17.0 Å². The third-order valence-electron chi connectivity index (χ3n) is 3.92. The van der Waals surface area contributed by atoms with Crippen LogP contribution in [0.5, 0.6) is 5.75 Å². The highest BCUT2D eigenvalue weighted by Gasteiger charge is 2.15. The van der Waals surface area contributed by atoms with E-state index in [9.17, 15) is 4.79 Å². The van der Waals surface area contributed by atoms with Gasteiger partial charge in [-0.2, -0.15) is 0 Å². The molecule has 2 heterocycles. The van der Waals surface area contributed by atoms with Crippen LogP contribution < -0.4 is 15.4 Å². The standard InChI is InChI=1S/C18H16N4O3S2/c1-19-17-21-22-18(27-17)26-9-16(23)20-12-8-14-11(7-15(12)24-2)10-5-3-4-6-13(10)25-14/h3-8H,9H2,1-2H3,(H,19,21)(H,20,23). The summed E-state index contributed by atoms with van der Waals surface area (Å²) in [4.78, 5) is 12.4. The molecule has 0 saturated carbocycles. The molecular weight excluding hydrogens is 384 g/mol. The van der Waals surface area contributed by atoms with E-state index in [1.54, 1.807) is 20.2 Å². The van der Waals surface area contributed by atoms with Gasteiger partial charge in [0.1, 0.15) is 16.9 Å². The molecule has 4 rings (SSSR count). The second-order valence-electron chi connectivity index (χ2n) is 5.61. The van der Waals surface area contributed by atoms with Gasteiger partial charge >= 0.3 is 0 Å². The summed E-state index contributed by atoms with van der Waals surface area (Å²) in [7, 11) is 3.36. The summed E-state index contributed by atoms with van der Waals surface area (Å²) in [5, 5.41) is 16.4. The van der Waals surface area contributed by atoms with E-state index in [-0.39, 0.29) is 11.7 Å². The van der Waals surface area contributed by atoms with Crippen LogP contribution in [0.15, 0.2) is 45.2 Å². The molecule has 0 spiro atoms. The number of aromatic nitrogens is 2. The number of rotatable bonds is 6. The lowest BCUT2D eigenvalue weighted by Gasteiger charge is -2.10. The normalized spacial score (nSPS) is 11.0. The van der Waals surface area contributed by atoms with Crippen LogP contribution in [-0.2, 0) is 4.79 Å². The van der Waals surface area contributed by atoms with Crippen LogP contribution in [0.1, 0.15) is 0 Å². The smallest absolute Gasteiger partial charge is 0.234 e. The van der Waals surface area contributed by atoms with Gasteiger partial charge in [-0.1, -0.05) is 41.3 Å². The Morgan fingerprint density at radius 1 is 1.22 bits per heavy atom. The zero-order valence-corrected chi connectivity index (χ0v) is 16.2. The van der Waals surface area contributed by atoms with Crippen LogP contribution in [0.2, 0.25) is 0 Å². The molecule has 138 valence electrons. The molecule has 0 aliphatic heterocycles. The number of carbonyl (C=O) groups excluding carboxylic acids is 1. The lowest BCUT2D eigenvalue weighted by Crippen LogP contribution is -2.14. The molecule has 0 unspecified atom stereocenters. The van der Waals surface area contributed by atoms with Gasteiger partial charge in [-0.25, -0.2) is 0 Å². The number of anilines is 2. The Morgan fingerprint density at radius 3 is 2.85 bits per heavy atom. The molecule has 0 atom stereocenters. The van der Waals surface area contributed by atoms with Crippen LogP contribution in [0.3, 0.4) is 0 Å². The molecule has 2 aromatic carbocycles. The number of furan rings is 1. The molecule has 0 radical (unpaired) electrons. The predicted molar refractivity (Wildman–Crippen MR) is 109 cm³/mol. The fourth-order valence-electron chi connectivity index (χ4n) is 2.70. The number of para-hydroxylation sites is 1. The maximum Gasteiger partial charge on any atom is 0.234 e. The fraction of sp³-hybridized carbons (Fsp3) is 0.167. The van der Waals surface area contributed by atoms with Gasteiger partial charge in [-0.3, -0.25) is 4.79 Å². The lowest BCUT2D eigenvalue weighted by molar-refractivity contribution is -0.113. The first-order chi connectivity index (χ1) is 13.2. The van der Waals surface area contributed by atoms with Gasteiger partial charge in [0, 0.05) is 23.9 Å². The minimum Gasteiger partial charge on any atom is -0.495 e. The van der Waals surface area contributed by atoms with Crippen LogP contribution in [0, 0.1) is 0 Å². The Morgan fingerprint density at radius 2 is 2.07 bits per heavy atom. The van der Waals surface area contributed by atoms with Crippen LogP contribution in [-0.4, -0.2) is 36.0 Å². The Hall–Kier alpha value is -2.78. The van der Waals surface area contributed by atoms with Crippen molar-refractivity contribution in [3.63, 3.8) is 0 Å². The summed E-state index contributed by atoms with van der Waals surface area (Å²) in [6.07, 6.45) is 0. The lowest BCUT2D eigenvalue weighted by atomic mass is 10.1. The van der Waals surface area contributed by atoms with E-state index in [2.05, 4.69) is 20.8 Å². The Kier molecular flexibility index (Phi) is 4.87. The fourth-order valence-corrected chi connectivity index (χ4v) is 4.21. The molecule has 0 aliphatic rings. The summed E-state index contributed by atoms with van der Waals surface area (Å²) in [6.45, 7) is 0. The predicted octanol–water partition coefficient (Wildman–Crippen LogP) is 4.22. The molecule has 0 aliphatic carbocycles. The van der Waals surface area contributed by atoms with Crippen molar-refractivity contribution in [1.29, 1.82) is 0 Å². The second-order valence-corrected chi connectivity index (χ2v) is 7.81. The first-order valence-corrected chi connectivity index (χ1v) is 9.91. The molecule has 2 aromatic heterocycles. The average molecular weight is 400 g/mol. The molecule has 1 amide bonds. The number of hydrogen-bond acceptors (Lipinski definition) is 8. The highest BCUT2D eigenvalue weighted by Crippen LogP contribution is 2.36. The van der Waals surface area contributed by atoms with E-state index >= 15 is 0 Å². The topological polar surface area (TPSA) is 89.3 Å². The minimum absolute atomic E-state index is 0.157. The van der Waals surface area contributed by atoms with Gasteiger partial charge in [0.25, 0.3) is 0 Å². The number of ether oxygens (including phenoxy) is 1. The molecule has 4 aromatic rings. The number of nitrogens with one attached hydrogen (secondary N) is 2. The summed E-state index contributed by atoms with van der Waals surface area (Å²) in [5.74, 6) is 0.649. The quantitative estimate of drug-likeness (QED) is 0.468. The van der Waals surface area contributed by atoms with E-state index in [0.717, 1.165) is 25.8 Å². The van der Waals surface area contributed by atoms with Crippen LogP contribution in [0.4, 0.5) is 10.8 Å². The van der Waals surface area contributed by atoms with Gasteiger partial charge < -0.3 is 19.8 Å². The zero-order valence-electron chi connectivity index (χ0n) is 14.6. The summed E-state index contributed by atoms with van der Waals surface area (Å²) >= 11 is 2.74. The number of amides is 1. The van der Waals surface area contributed by atoms with E-state index < -0.39 is 0 Å². The molecule has 0 fully saturated rings. The van der Waals surface area contributed by atoms with Gasteiger partial charge in [-0.15, -0.1) is 10.2 Å². The minimum atomic E-state index is -0.157. The van der Waals surface area contributed by atoms with Crippen molar-refractivity contribution in [3.05, 3.63) is 36.4 Å². The summed E-state index contributed by atoms with van der Waals surface area (Å²) < 4.78 is 12.1. The van der Waals surface area contributed by atoms with Crippen molar-refractivity contribution in [2.75, 3.05) is 30.5 Å². The van der Waals surface area contributed by atoms with Crippen molar-refractivity contribution >= 4 is 61.8 Å².